The van der Waals surface area contributed by atoms with Crippen LogP contribution in [0.1, 0.15) is 15.2 Å². The van der Waals surface area contributed by atoms with Crippen LogP contribution in [-0.2, 0) is 6.18 Å². The molecule has 3 nitrogen and oxygen atoms in total. The highest BCUT2D eigenvalue weighted by atomic mass is 79.9. The Balaban J connectivity index is 2.27. The van der Waals surface area contributed by atoms with Crippen LogP contribution in [0.25, 0.3) is 0 Å². The van der Waals surface area contributed by atoms with Crippen molar-refractivity contribution in [2.75, 3.05) is 12.4 Å². The van der Waals surface area contributed by atoms with Crippen LogP contribution >= 0.6 is 27.3 Å². The van der Waals surface area contributed by atoms with Crippen LogP contribution in [0.2, 0.25) is 0 Å². The molecule has 0 radical (unpaired) electrons. The summed E-state index contributed by atoms with van der Waals surface area (Å²) in [6.45, 7) is 0. The van der Waals surface area contributed by atoms with E-state index in [4.69, 9.17) is 0 Å². The molecule has 1 N–H and O–H groups in total. The Labute approximate surface area is 130 Å². The van der Waals surface area contributed by atoms with Gasteiger partial charge in [-0.3, -0.25) is 4.79 Å². The van der Waals surface area contributed by atoms with Gasteiger partial charge in [0.2, 0.25) is 0 Å². The van der Waals surface area contributed by atoms with Gasteiger partial charge in [0.15, 0.2) is 0 Å². The van der Waals surface area contributed by atoms with E-state index in [0.717, 1.165) is 17.0 Å². The third kappa shape index (κ3) is 3.76. The van der Waals surface area contributed by atoms with Gasteiger partial charge in [0.1, 0.15) is 5.75 Å². The number of ether oxygens (including phenoxy) is 1. The molecule has 1 aromatic carbocycles. The van der Waals surface area contributed by atoms with E-state index in [1.807, 2.05) is 0 Å². The second-order valence-electron chi connectivity index (χ2n) is 3.97. The van der Waals surface area contributed by atoms with Crippen molar-refractivity contribution in [1.82, 2.24) is 0 Å². The Hall–Kier alpha value is -1.54. The monoisotopic (exact) mass is 379 g/mol. The number of amides is 1. The standard InChI is InChI=1S/C13H9BrF3NO2S/c1-20-9-3-2-7(6-8(9)13(15,16)17)18-12(19)10-4-5-11(14)21-10/h2-6H,1H3,(H,18,19). The van der Waals surface area contributed by atoms with Crippen molar-refractivity contribution >= 4 is 38.9 Å². The fourth-order valence-electron chi connectivity index (χ4n) is 1.64. The number of methoxy groups -OCH3 is 1. The minimum atomic E-state index is -4.56. The van der Waals surface area contributed by atoms with Crippen molar-refractivity contribution < 1.29 is 22.7 Å². The van der Waals surface area contributed by atoms with E-state index in [2.05, 4.69) is 26.0 Å². The Morgan fingerprint density at radius 1 is 1.29 bits per heavy atom. The molecule has 0 atom stereocenters. The number of alkyl halides is 3. The van der Waals surface area contributed by atoms with Crippen LogP contribution in [0.5, 0.6) is 5.75 Å². The minimum Gasteiger partial charge on any atom is -0.496 e. The summed E-state index contributed by atoms with van der Waals surface area (Å²) in [5.41, 5.74) is -0.882. The third-order valence-corrected chi connectivity index (χ3v) is 4.18. The molecule has 2 rings (SSSR count). The molecule has 1 heterocycles. The second-order valence-corrected chi connectivity index (χ2v) is 6.43. The molecule has 0 aliphatic heterocycles. The van der Waals surface area contributed by atoms with Crippen LogP contribution < -0.4 is 10.1 Å². The lowest BCUT2D eigenvalue weighted by Gasteiger charge is -2.13. The molecule has 2 aromatic rings. The molecule has 0 aliphatic carbocycles. The summed E-state index contributed by atoms with van der Waals surface area (Å²) in [6, 6.07) is 6.64. The molecular formula is C13H9BrF3NO2S. The van der Waals surface area contributed by atoms with Crippen molar-refractivity contribution in [3.05, 3.63) is 44.6 Å². The number of carbonyl (C=O) groups is 1. The summed E-state index contributed by atoms with van der Waals surface area (Å²) in [4.78, 5) is 12.3. The quantitative estimate of drug-likeness (QED) is 0.832. The fraction of sp³-hybridized carbons (Fsp3) is 0.154. The first-order valence-electron chi connectivity index (χ1n) is 5.63. The molecule has 0 bridgehead atoms. The Morgan fingerprint density at radius 3 is 2.52 bits per heavy atom. The molecule has 1 amide bonds. The highest BCUT2D eigenvalue weighted by molar-refractivity contribution is 9.11. The van der Waals surface area contributed by atoms with E-state index in [9.17, 15) is 18.0 Å². The van der Waals surface area contributed by atoms with Gasteiger partial charge >= 0.3 is 6.18 Å². The molecule has 21 heavy (non-hydrogen) atoms. The first kappa shape index (κ1) is 15.8. The van der Waals surface area contributed by atoms with Gasteiger partial charge in [-0.2, -0.15) is 13.2 Å². The van der Waals surface area contributed by atoms with Crippen LogP contribution in [-0.4, -0.2) is 13.0 Å². The Kier molecular flexibility index (Phi) is 4.58. The highest BCUT2D eigenvalue weighted by Crippen LogP contribution is 2.37. The Morgan fingerprint density at radius 2 is 2.00 bits per heavy atom. The van der Waals surface area contributed by atoms with Crippen molar-refractivity contribution in [2.45, 2.75) is 6.18 Å². The van der Waals surface area contributed by atoms with Crippen LogP contribution in [0.15, 0.2) is 34.1 Å². The number of thiophene rings is 1. The number of hydrogen-bond donors (Lipinski definition) is 1. The number of rotatable bonds is 3. The molecule has 0 spiro atoms. The highest BCUT2D eigenvalue weighted by Gasteiger charge is 2.34. The molecular weight excluding hydrogens is 371 g/mol. The Bertz CT molecular complexity index is 670. The van der Waals surface area contributed by atoms with Crippen molar-refractivity contribution in [3.63, 3.8) is 0 Å². The molecule has 1 aromatic heterocycles. The van der Waals surface area contributed by atoms with E-state index >= 15 is 0 Å². The predicted molar refractivity (Wildman–Crippen MR) is 78.0 cm³/mol. The maximum absolute atomic E-state index is 12.9. The zero-order valence-electron chi connectivity index (χ0n) is 10.6. The van der Waals surface area contributed by atoms with Gasteiger partial charge in [-0.05, 0) is 46.3 Å². The van der Waals surface area contributed by atoms with Crippen molar-refractivity contribution in [2.24, 2.45) is 0 Å². The third-order valence-electron chi connectivity index (χ3n) is 2.56. The molecule has 0 aliphatic rings. The number of nitrogens with one attached hydrogen (secondary N) is 1. The van der Waals surface area contributed by atoms with Gasteiger partial charge in [0.25, 0.3) is 5.91 Å². The SMILES string of the molecule is COc1ccc(NC(=O)c2ccc(Br)s2)cc1C(F)(F)F. The first-order chi connectivity index (χ1) is 9.81. The number of halogens is 4. The van der Waals surface area contributed by atoms with Crippen molar-refractivity contribution in [1.29, 1.82) is 0 Å². The van der Waals surface area contributed by atoms with Crippen LogP contribution in [0.3, 0.4) is 0 Å². The smallest absolute Gasteiger partial charge is 0.420 e. The first-order valence-corrected chi connectivity index (χ1v) is 7.24. The predicted octanol–water partition coefficient (Wildman–Crippen LogP) is 4.79. The van der Waals surface area contributed by atoms with Crippen LogP contribution in [0.4, 0.5) is 18.9 Å². The van der Waals surface area contributed by atoms with Gasteiger partial charge < -0.3 is 10.1 Å². The molecule has 0 saturated carbocycles. The zero-order chi connectivity index (χ0) is 15.6. The number of hydrogen-bond acceptors (Lipinski definition) is 3. The fourth-order valence-corrected chi connectivity index (χ4v) is 2.92. The minimum absolute atomic E-state index is 0.0534. The molecule has 8 heteroatoms. The lowest BCUT2D eigenvalue weighted by molar-refractivity contribution is -0.138. The lowest BCUT2D eigenvalue weighted by atomic mass is 10.1. The molecule has 0 saturated heterocycles. The second kappa shape index (κ2) is 6.07. The van der Waals surface area contributed by atoms with E-state index in [1.54, 1.807) is 12.1 Å². The van der Waals surface area contributed by atoms with E-state index < -0.39 is 17.6 Å². The molecule has 0 fully saturated rings. The number of carbonyl (C=O) groups excluding carboxylic acids is 1. The normalized spacial score (nSPS) is 11.3. The largest absolute Gasteiger partial charge is 0.496 e. The topological polar surface area (TPSA) is 38.3 Å². The van der Waals surface area contributed by atoms with Gasteiger partial charge in [-0.1, -0.05) is 0 Å². The van der Waals surface area contributed by atoms with Gasteiger partial charge in [0.05, 0.1) is 21.3 Å². The summed E-state index contributed by atoms with van der Waals surface area (Å²) >= 11 is 4.41. The van der Waals surface area contributed by atoms with E-state index in [1.165, 1.54) is 23.5 Å². The van der Waals surface area contributed by atoms with E-state index in [-0.39, 0.29) is 11.4 Å². The number of anilines is 1. The van der Waals surface area contributed by atoms with Crippen molar-refractivity contribution in [3.8, 4) is 5.75 Å². The maximum Gasteiger partial charge on any atom is 0.420 e. The summed E-state index contributed by atoms with van der Waals surface area (Å²) in [5, 5.41) is 2.43. The number of benzene rings is 1. The summed E-state index contributed by atoms with van der Waals surface area (Å²) in [6.07, 6.45) is -4.56. The summed E-state index contributed by atoms with van der Waals surface area (Å²) in [7, 11) is 1.16. The van der Waals surface area contributed by atoms with Gasteiger partial charge in [0, 0.05) is 5.69 Å². The zero-order valence-corrected chi connectivity index (χ0v) is 13.0. The van der Waals surface area contributed by atoms with E-state index in [0.29, 0.717) is 4.88 Å². The average Bonchev–Trinajstić information content (AvgIpc) is 2.84. The average molecular weight is 380 g/mol. The molecule has 0 unspecified atom stereocenters. The van der Waals surface area contributed by atoms with Crippen LogP contribution in [0, 0.1) is 0 Å². The maximum atomic E-state index is 12.9. The summed E-state index contributed by atoms with van der Waals surface area (Å²) < 4.78 is 44.1. The summed E-state index contributed by atoms with van der Waals surface area (Å²) in [5.74, 6) is -0.761. The van der Waals surface area contributed by atoms with Gasteiger partial charge in [-0.15, -0.1) is 11.3 Å². The van der Waals surface area contributed by atoms with Gasteiger partial charge in [-0.25, -0.2) is 0 Å². The molecule has 112 valence electrons. The lowest BCUT2D eigenvalue weighted by Crippen LogP contribution is -2.12.